The fourth-order valence-corrected chi connectivity index (χ4v) is 9.82. The summed E-state index contributed by atoms with van der Waals surface area (Å²) in [7, 11) is 0. The summed E-state index contributed by atoms with van der Waals surface area (Å²) in [6.07, 6.45) is 0.867. The highest BCUT2D eigenvalue weighted by molar-refractivity contribution is 6.10. The molecule has 0 N–H and O–H groups in total. The predicted octanol–water partition coefficient (Wildman–Crippen LogP) is 16.2. The SMILES string of the molecule is c1ccc(-n2c3ccccc3c3ccccc32)c(-c2ccc(C(Cc3ccc(-c4cccc5ccccc45)cc3)c3ccc(-c4cccc5c4oc4ccccc45)cc3)cc2)c1. The van der Waals surface area contributed by atoms with E-state index in [1.54, 1.807) is 0 Å². The van der Waals surface area contributed by atoms with Crippen molar-refractivity contribution < 1.29 is 4.42 Å². The van der Waals surface area contributed by atoms with Crippen molar-refractivity contribution in [2.24, 2.45) is 0 Å². The van der Waals surface area contributed by atoms with Gasteiger partial charge in [-0.25, -0.2) is 0 Å². The average molecular weight is 792 g/mol. The van der Waals surface area contributed by atoms with E-state index in [2.05, 4.69) is 229 Å². The number of rotatable bonds is 8. The minimum absolute atomic E-state index is 0.135. The highest BCUT2D eigenvalue weighted by Crippen LogP contribution is 2.40. The van der Waals surface area contributed by atoms with Crippen molar-refractivity contribution in [2.75, 3.05) is 0 Å². The topological polar surface area (TPSA) is 18.1 Å². The van der Waals surface area contributed by atoms with Gasteiger partial charge >= 0.3 is 0 Å². The van der Waals surface area contributed by atoms with E-state index in [0.717, 1.165) is 39.5 Å². The highest BCUT2D eigenvalue weighted by atomic mass is 16.3. The Morgan fingerprint density at radius 1 is 0.355 bits per heavy atom. The number of aromatic nitrogens is 1. The predicted molar refractivity (Wildman–Crippen MR) is 260 cm³/mol. The van der Waals surface area contributed by atoms with Crippen molar-refractivity contribution in [3.05, 3.63) is 247 Å². The zero-order valence-electron chi connectivity index (χ0n) is 34.1. The lowest BCUT2D eigenvalue weighted by Gasteiger charge is -2.20. The van der Waals surface area contributed by atoms with Crippen LogP contribution < -0.4 is 0 Å². The smallest absolute Gasteiger partial charge is 0.143 e. The first kappa shape index (κ1) is 36.0. The maximum atomic E-state index is 6.45. The molecular weight excluding hydrogens is 751 g/mol. The largest absolute Gasteiger partial charge is 0.455 e. The molecule has 0 spiro atoms. The fourth-order valence-electron chi connectivity index (χ4n) is 9.82. The fraction of sp³-hybridized carbons (Fsp3) is 0.0333. The molecule has 1 unspecified atom stereocenters. The third-order valence-corrected chi connectivity index (χ3v) is 12.9. The van der Waals surface area contributed by atoms with E-state index in [9.17, 15) is 0 Å². The highest BCUT2D eigenvalue weighted by Gasteiger charge is 2.20. The van der Waals surface area contributed by atoms with Gasteiger partial charge in [0.25, 0.3) is 0 Å². The number of fused-ring (bicyclic) bond motifs is 7. The molecule has 0 bridgehead atoms. The van der Waals surface area contributed by atoms with Crippen molar-refractivity contribution in [2.45, 2.75) is 12.3 Å². The molecule has 12 rings (SSSR count). The Hall–Kier alpha value is -7.94. The van der Waals surface area contributed by atoms with Gasteiger partial charge in [0.2, 0.25) is 0 Å². The van der Waals surface area contributed by atoms with E-state index in [1.807, 2.05) is 6.07 Å². The molecule has 0 aliphatic heterocycles. The van der Waals surface area contributed by atoms with Crippen LogP contribution in [0.1, 0.15) is 22.6 Å². The van der Waals surface area contributed by atoms with Gasteiger partial charge in [0.1, 0.15) is 11.2 Å². The van der Waals surface area contributed by atoms with Gasteiger partial charge in [0.15, 0.2) is 0 Å². The first-order valence-electron chi connectivity index (χ1n) is 21.5. The molecule has 0 aliphatic rings. The number of hydrogen-bond donors (Lipinski definition) is 0. The van der Waals surface area contributed by atoms with Crippen LogP contribution in [0.15, 0.2) is 235 Å². The zero-order chi connectivity index (χ0) is 41.0. The van der Waals surface area contributed by atoms with Crippen molar-refractivity contribution in [3.63, 3.8) is 0 Å². The molecule has 2 aromatic heterocycles. The van der Waals surface area contributed by atoms with Gasteiger partial charge in [-0.1, -0.05) is 206 Å². The molecule has 0 radical (unpaired) electrons. The molecule has 292 valence electrons. The zero-order valence-corrected chi connectivity index (χ0v) is 34.1. The van der Waals surface area contributed by atoms with E-state index < -0.39 is 0 Å². The first-order valence-corrected chi connectivity index (χ1v) is 21.5. The average Bonchev–Trinajstić information content (AvgIpc) is 3.90. The normalized spacial score (nSPS) is 12.2. The van der Waals surface area contributed by atoms with Crippen LogP contribution >= 0.6 is 0 Å². The number of nitrogens with zero attached hydrogens (tertiary/aromatic N) is 1. The molecule has 0 fully saturated rings. The minimum Gasteiger partial charge on any atom is -0.455 e. The Morgan fingerprint density at radius 2 is 0.839 bits per heavy atom. The summed E-state index contributed by atoms with van der Waals surface area (Å²) in [5, 5.41) is 7.36. The van der Waals surface area contributed by atoms with E-state index in [-0.39, 0.29) is 5.92 Å². The molecule has 0 saturated carbocycles. The van der Waals surface area contributed by atoms with Gasteiger partial charge in [0, 0.05) is 38.6 Å². The van der Waals surface area contributed by atoms with Gasteiger partial charge in [0.05, 0.1) is 16.7 Å². The first-order chi connectivity index (χ1) is 30.7. The number of hydrogen-bond acceptors (Lipinski definition) is 1. The van der Waals surface area contributed by atoms with Gasteiger partial charge in [-0.05, 0) is 80.4 Å². The van der Waals surface area contributed by atoms with Crippen LogP contribution in [0.4, 0.5) is 0 Å². The molecule has 0 amide bonds. The quantitative estimate of drug-likeness (QED) is 0.150. The summed E-state index contributed by atoms with van der Waals surface area (Å²) in [5.74, 6) is 0.135. The van der Waals surface area contributed by atoms with Crippen LogP contribution in [-0.4, -0.2) is 4.57 Å². The lowest BCUT2D eigenvalue weighted by Crippen LogP contribution is -2.05. The number of benzene rings is 10. The van der Waals surface area contributed by atoms with Gasteiger partial charge in [-0.2, -0.15) is 0 Å². The van der Waals surface area contributed by atoms with Crippen LogP contribution in [0.5, 0.6) is 0 Å². The molecule has 0 saturated heterocycles. The Kier molecular flexibility index (Phi) is 8.67. The Labute approximate surface area is 360 Å². The van der Waals surface area contributed by atoms with E-state index >= 15 is 0 Å². The summed E-state index contributed by atoms with van der Waals surface area (Å²) in [5.41, 5.74) is 16.5. The molecule has 62 heavy (non-hydrogen) atoms. The lowest BCUT2D eigenvalue weighted by atomic mass is 9.84. The van der Waals surface area contributed by atoms with Gasteiger partial charge in [-0.3, -0.25) is 0 Å². The second-order valence-electron chi connectivity index (χ2n) is 16.4. The van der Waals surface area contributed by atoms with E-state index in [0.29, 0.717) is 0 Å². The van der Waals surface area contributed by atoms with Crippen molar-refractivity contribution in [1.82, 2.24) is 4.57 Å². The molecule has 2 heterocycles. The maximum absolute atomic E-state index is 6.45. The lowest BCUT2D eigenvalue weighted by molar-refractivity contribution is 0.670. The van der Waals surface area contributed by atoms with Crippen LogP contribution in [-0.2, 0) is 6.42 Å². The Bertz CT molecular complexity index is 3530. The summed E-state index contributed by atoms with van der Waals surface area (Å²) >= 11 is 0. The van der Waals surface area contributed by atoms with E-state index in [1.165, 1.54) is 77.2 Å². The molecule has 1 atom stereocenters. The van der Waals surface area contributed by atoms with Crippen molar-refractivity contribution >= 4 is 54.5 Å². The van der Waals surface area contributed by atoms with Crippen LogP contribution in [0.3, 0.4) is 0 Å². The monoisotopic (exact) mass is 791 g/mol. The maximum Gasteiger partial charge on any atom is 0.143 e. The summed E-state index contributed by atoms with van der Waals surface area (Å²) in [4.78, 5) is 0. The Balaban J connectivity index is 0.929. The molecule has 0 aliphatic carbocycles. The number of para-hydroxylation sites is 5. The second kappa shape index (κ2) is 15.0. The van der Waals surface area contributed by atoms with Crippen LogP contribution in [0, 0.1) is 0 Å². The third-order valence-electron chi connectivity index (χ3n) is 12.9. The van der Waals surface area contributed by atoms with Crippen molar-refractivity contribution in [1.29, 1.82) is 0 Å². The molecule has 2 nitrogen and oxygen atoms in total. The van der Waals surface area contributed by atoms with Crippen LogP contribution in [0.2, 0.25) is 0 Å². The summed E-state index contributed by atoms with van der Waals surface area (Å²) in [6, 6.07) is 84.0. The molecule has 12 aromatic rings. The van der Waals surface area contributed by atoms with Crippen molar-refractivity contribution in [3.8, 4) is 39.1 Å². The summed E-state index contributed by atoms with van der Waals surface area (Å²) in [6.45, 7) is 0. The van der Waals surface area contributed by atoms with Gasteiger partial charge in [-0.15, -0.1) is 0 Å². The minimum atomic E-state index is 0.135. The van der Waals surface area contributed by atoms with Gasteiger partial charge < -0.3 is 8.98 Å². The Morgan fingerprint density at radius 3 is 1.56 bits per heavy atom. The molecule has 10 aromatic carbocycles. The van der Waals surface area contributed by atoms with E-state index in [4.69, 9.17) is 4.42 Å². The summed E-state index contributed by atoms with van der Waals surface area (Å²) < 4.78 is 8.87. The molecular formula is C60H41NO. The number of furan rings is 1. The molecule has 2 heteroatoms. The second-order valence-corrected chi connectivity index (χ2v) is 16.4. The third kappa shape index (κ3) is 6.11. The van der Waals surface area contributed by atoms with Crippen LogP contribution in [0.25, 0.3) is 93.6 Å². The standard InChI is InChI=1S/C60H41NO/c1-2-15-47-41(13-1)14-11-20-48(47)42-29-27-40(28-30-42)39-55(46-37-33-44(34-38-46)50-21-12-22-54-53-19-6-10-26-59(53)62-60(50)54)45-35-31-43(32-36-45)49-16-3-7-23-56(49)61-57-24-8-4-17-51(57)52-18-5-9-25-58(52)61/h1-38,55H,39H2.